The predicted molar refractivity (Wildman–Crippen MR) is 90.1 cm³/mol. The van der Waals surface area contributed by atoms with E-state index < -0.39 is 15.8 Å². The Morgan fingerprint density at radius 2 is 1.68 bits per heavy atom. The van der Waals surface area contributed by atoms with E-state index in [1.807, 2.05) is 0 Å². The molecule has 0 fully saturated rings. The molecule has 9 nitrogen and oxygen atoms in total. The molecule has 0 saturated heterocycles. The summed E-state index contributed by atoms with van der Waals surface area (Å²) in [6, 6.07) is 11.7. The monoisotopic (exact) mass is 363 g/mol. The van der Waals surface area contributed by atoms with Gasteiger partial charge in [-0.2, -0.15) is 0 Å². The second-order valence-electron chi connectivity index (χ2n) is 4.93. The van der Waals surface area contributed by atoms with Crippen molar-refractivity contribution in [2.75, 3.05) is 6.54 Å². The number of benzene rings is 2. The molecule has 2 aromatic rings. The van der Waals surface area contributed by atoms with E-state index in [9.17, 15) is 25.0 Å². The first-order chi connectivity index (χ1) is 11.9. The first-order valence-corrected chi connectivity index (χ1v) is 7.75. The zero-order chi connectivity index (χ0) is 18.4. The van der Waals surface area contributed by atoms with Gasteiger partial charge in [-0.1, -0.05) is 24.3 Å². The Morgan fingerprint density at radius 3 is 2.24 bits per heavy atom. The maximum atomic E-state index is 11.1. The van der Waals surface area contributed by atoms with Gasteiger partial charge in [0.05, 0.1) is 9.85 Å². The van der Waals surface area contributed by atoms with E-state index in [1.165, 1.54) is 46.8 Å². The molecule has 0 aliphatic heterocycles. The number of non-ortho nitro benzene ring substituents is 1. The summed E-state index contributed by atoms with van der Waals surface area (Å²) in [5, 5.41) is 30.8. The SMILES string of the molecule is O=C(O)CN(Cc1ccc([N+](=O)[O-])cc1)Sc1ccccc1[N+](=O)[O-]. The van der Waals surface area contributed by atoms with E-state index in [-0.39, 0.29) is 24.5 Å². The van der Waals surface area contributed by atoms with Crippen LogP contribution in [0.1, 0.15) is 5.56 Å². The summed E-state index contributed by atoms with van der Waals surface area (Å²) >= 11 is 0.954. The normalized spacial score (nSPS) is 10.6. The second kappa shape index (κ2) is 8.22. The second-order valence-corrected chi connectivity index (χ2v) is 6.07. The zero-order valence-electron chi connectivity index (χ0n) is 12.8. The Kier molecular flexibility index (Phi) is 6.03. The predicted octanol–water partition coefficient (Wildman–Crippen LogP) is 3.10. The number of hydrogen-bond acceptors (Lipinski definition) is 7. The van der Waals surface area contributed by atoms with Gasteiger partial charge in [0.1, 0.15) is 11.4 Å². The van der Waals surface area contributed by atoms with Crippen LogP contribution in [0.5, 0.6) is 0 Å². The zero-order valence-corrected chi connectivity index (χ0v) is 13.6. The summed E-state index contributed by atoms with van der Waals surface area (Å²) in [6.07, 6.45) is 0. The van der Waals surface area contributed by atoms with Gasteiger partial charge in [-0.15, -0.1) is 0 Å². The van der Waals surface area contributed by atoms with Crippen molar-refractivity contribution in [3.63, 3.8) is 0 Å². The molecular weight excluding hydrogens is 350 g/mol. The van der Waals surface area contributed by atoms with Crippen LogP contribution in [-0.2, 0) is 11.3 Å². The Hall–Kier alpha value is -2.98. The highest BCUT2D eigenvalue weighted by molar-refractivity contribution is 7.97. The van der Waals surface area contributed by atoms with Gasteiger partial charge in [0, 0.05) is 24.7 Å². The Balaban J connectivity index is 2.20. The first kappa shape index (κ1) is 18.4. The quantitative estimate of drug-likeness (QED) is 0.430. The van der Waals surface area contributed by atoms with E-state index in [0.29, 0.717) is 10.5 Å². The summed E-state index contributed by atoms with van der Waals surface area (Å²) in [6.45, 7) is -0.200. The molecule has 0 amide bonds. The Bertz CT molecular complexity index is 796. The fraction of sp³-hybridized carbons (Fsp3) is 0.133. The van der Waals surface area contributed by atoms with Crippen LogP contribution in [0.3, 0.4) is 0 Å². The van der Waals surface area contributed by atoms with Gasteiger partial charge in [0.15, 0.2) is 0 Å². The van der Waals surface area contributed by atoms with Gasteiger partial charge in [-0.05, 0) is 23.6 Å². The number of carboxylic acid groups (broad SMARTS) is 1. The Labute approximate surface area is 146 Å². The van der Waals surface area contributed by atoms with Gasteiger partial charge in [0.25, 0.3) is 11.4 Å². The number of para-hydroxylation sites is 1. The molecule has 0 spiro atoms. The van der Waals surface area contributed by atoms with Crippen molar-refractivity contribution in [1.29, 1.82) is 0 Å². The molecule has 0 heterocycles. The molecule has 0 radical (unpaired) electrons. The van der Waals surface area contributed by atoms with Gasteiger partial charge in [-0.25, -0.2) is 4.31 Å². The van der Waals surface area contributed by atoms with E-state index in [1.54, 1.807) is 6.07 Å². The number of nitro groups is 2. The molecule has 0 bridgehead atoms. The van der Waals surface area contributed by atoms with Crippen molar-refractivity contribution >= 4 is 29.3 Å². The lowest BCUT2D eigenvalue weighted by Crippen LogP contribution is -2.23. The minimum atomic E-state index is -1.09. The summed E-state index contributed by atoms with van der Waals surface area (Å²) < 4.78 is 1.44. The van der Waals surface area contributed by atoms with Crippen LogP contribution in [0.15, 0.2) is 53.4 Å². The van der Waals surface area contributed by atoms with Crippen LogP contribution in [-0.4, -0.2) is 31.8 Å². The third-order valence-electron chi connectivity index (χ3n) is 3.11. The maximum Gasteiger partial charge on any atom is 0.318 e. The van der Waals surface area contributed by atoms with Crippen LogP contribution >= 0.6 is 11.9 Å². The molecular formula is C15H13N3O6S. The summed E-state index contributed by atoms with van der Waals surface area (Å²) in [4.78, 5) is 32.1. The molecule has 0 aliphatic carbocycles. The topological polar surface area (TPSA) is 127 Å². The highest BCUT2D eigenvalue weighted by Gasteiger charge is 2.19. The minimum absolute atomic E-state index is 0.0696. The number of nitro benzene ring substituents is 2. The standard InChI is InChI=1S/C15H13N3O6S/c19-15(20)10-16(9-11-5-7-12(8-6-11)17(21)22)25-14-4-2-1-3-13(14)18(23)24/h1-8H,9-10H2,(H,19,20). The first-order valence-electron chi connectivity index (χ1n) is 6.98. The van der Waals surface area contributed by atoms with Gasteiger partial charge < -0.3 is 5.11 Å². The molecule has 0 atom stereocenters. The lowest BCUT2D eigenvalue weighted by molar-refractivity contribution is -0.387. The molecule has 2 aromatic carbocycles. The summed E-state index contributed by atoms with van der Waals surface area (Å²) in [7, 11) is 0. The number of nitrogens with zero attached hydrogens (tertiary/aromatic N) is 3. The van der Waals surface area contributed by atoms with Gasteiger partial charge >= 0.3 is 5.97 Å². The molecule has 2 rings (SSSR count). The van der Waals surface area contributed by atoms with Crippen molar-refractivity contribution in [3.8, 4) is 0 Å². The van der Waals surface area contributed by atoms with Crippen molar-refractivity contribution in [2.45, 2.75) is 11.4 Å². The van der Waals surface area contributed by atoms with Crippen molar-refractivity contribution < 1.29 is 19.7 Å². The molecule has 10 heteroatoms. The molecule has 0 unspecified atom stereocenters. The minimum Gasteiger partial charge on any atom is -0.480 e. The van der Waals surface area contributed by atoms with Crippen LogP contribution in [0.25, 0.3) is 0 Å². The average Bonchev–Trinajstić information content (AvgIpc) is 2.55. The third kappa shape index (κ3) is 5.26. The molecule has 1 N–H and O–H groups in total. The number of carboxylic acids is 1. The number of hydrogen-bond donors (Lipinski definition) is 1. The van der Waals surface area contributed by atoms with Crippen LogP contribution in [0.4, 0.5) is 11.4 Å². The molecule has 0 saturated carbocycles. The van der Waals surface area contributed by atoms with E-state index in [4.69, 9.17) is 5.11 Å². The smallest absolute Gasteiger partial charge is 0.318 e. The molecule has 25 heavy (non-hydrogen) atoms. The molecule has 0 aliphatic rings. The van der Waals surface area contributed by atoms with Crippen molar-refractivity contribution in [2.24, 2.45) is 0 Å². The Morgan fingerprint density at radius 1 is 1.04 bits per heavy atom. The number of carbonyl (C=O) groups is 1. The molecule has 130 valence electrons. The lowest BCUT2D eigenvalue weighted by atomic mass is 10.2. The fourth-order valence-electron chi connectivity index (χ4n) is 2.02. The van der Waals surface area contributed by atoms with Crippen LogP contribution in [0, 0.1) is 20.2 Å². The largest absolute Gasteiger partial charge is 0.480 e. The highest BCUT2D eigenvalue weighted by Crippen LogP contribution is 2.32. The van der Waals surface area contributed by atoms with Crippen LogP contribution in [0.2, 0.25) is 0 Å². The van der Waals surface area contributed by atoms with Gasteiger partial charge in [-0.3, -0.25) is 25.0 Å². The van der Waals surface area contributed by atoms with E-state index in [2.05, 4.69) is 0 Å². The third-order valence-corrected chi connectivity index (χ3v) is 4.17. The maximum absolute atomic E-state index is 11.1. The van der Waals surface area contributed by atoms with Gasteiger partial charge in [0.2, 0.25) is 0 Å². The lowest BCUT2D eigenvalue weighted by Gasteiger charge is -2.19. The van der Waals surface area contributed by atoms with Crippen molar-refractivity contribution in [3.05, 3.63) is 74.3 Å². The number of rotatable bonds is 8. The highest BCUT2D eigenvalue weighted by atomic mass is 32.2. The summed E-state index contributed by atoms with van der Waals surface area (Å²) in [5.41, 5.74) is 0.462. The average molecular weight is 363 g/mol. The summed E-state index contributed by atoms with van der Waals surface area (Å²) in [5.74, 6) is -1.09. The van der Waals surface area contributed by atoms with Crippen LogP contribution < -0.4 is 0 Å². The van der Waals surface area contributed by atoms with E-state index in [0.717, 1.165) is 11.9 Å². The van der Waals surface area contributed by atoms with Crippen molar-refractivity contribution in [1.82, 2.24) is 4.31 Å². The van der Waals surface area contributed by atoms with E-state index >= 15 is 0 Å². The fourth-order valence-corrected chi connectivity index (χ4v) is 3.06. The molecule has 0 aromatic heterocycles. The number of aliphatic carboxylic acids is 1.